The number of nitrogens with zero attached hydrogens (tertiary/aromatic N) is 1. The zero-order chi connectivity index (χ0) is 28.7. The Bertz CT molecular complexity index is 859. The number of amides is 2. The molecule has 1 rings (SSSR count). The number of carbonyl (C=O) groups excluding carboxylic acids is 2. The third-order valence-corrected chi connectivity index (χ3v) is 5.51. The van der Waals surface area contributed by atoms with Gasteiger partial charge in [-0.25, -0.2) is 9.18 Å². The van der Waals surface area contributed by atoms with Gasteiger partial charge >= 0.3 is 5.97 Å². The summed E-state index contributed by atoms with van der Waals surface area (Å²) in [5, 5.41) is 11.8. The summed E-state index contributed by atoms with van der Waals surface area (Å²) >= 11 is 0. The second-order valence-electron chi connectivity index (χ2n) is 10.3. The summed E-state index contributed by atoms with van der Waals surface area (Å²) in [7, 11) is 3.07. The summed E-state index contributed by atoms with van der Waals surface area (Å²) < 4.78 is 13.6. The SMILES string of the molecule is C/C(=C\CN(C)C(=O)C(NC(=O)CC(C)(C)c1cccc(F)c1)C(C)(C)C)C(=O)O.CCCC.CN. The molecular weight excluding hydrogens is 461 g/mol. The van der Waals surface area contributed by atoms with Gasteiger partial charge in [0.1, 0.15) is 11.9 Å². The number of benzene rings is 1. The molecule has 0 bridgehead atoms. The van der Waals surface area contributed by atoms with E-state index in [1.807, 2.05) is 34.6 Å². The predicted octanol–water partition coefficient (Wildman–Crippen LogP) is 4.89. The first-order valence-electron chi connectivity index (χ1n) is 12.3. The van der Waals surface area contributed by atoms with Gasteiger partial charge in [-0.2, -0.15) is 0 Å². The minimum atomic E-state index is -1.05. The molecular formula is C28H48FN3O4. The summed E-state index contributed by atoms with van der Waals surface area (Å²) in [5.41, 5.74) is 4.16. The van der Waals surface area contributed by atoms with Crippen LogP contribution in [0.25, 0.3) is 0 Å². The predicted molar refractivity (Wildman–Crippen MR) is 145 cm³/mol. The van der Waals surface area contributed by atoms with Crippen LogP contribution in [0.1, 0.15) is 80.2 Å². The quantitative estimate of drug-likeness (QED) is 0.410. The lowest BCUT2D eigenvalue weighted by Crippen LogP contribution is -2.54. The summed E-state index contributed by atoms with van der Waals surface area (Å²) in [4.78, 5) is 38.1. The molecule has 0 heterocycles. The average molecular weight is 510 g/mol. The fraction of sp³-hybridized carbons (Fsp3) is 0.607. The molecule has 0 aliphatic carbocycles. The fourth-order valence-corrected chi connectivity index (χ4v) is 2.95. The van der Waals surface area contributed by atoms with Crippen LogP contribution in [-0.2, 0) is 19.8 Å². The van der Waals surface area contributed by atoms with Crippen LogP contribution in [0, 0.1) is 11.2 Å². The number of nitrogens with one attached hydrogen (secondary N) is 1. The van der Waals surface area contributed by atoms with E-state index in [1.165, 1.54) is 49.9 Å². The first-order chi connectivity index (χ1) is 16.6. The summed E-state index contributed by atoms with van der Waals surface area (Å²) in [6.07, 6.45) is 4.17. The highest BCUT2D eigenvalue weighted by Crippen LogP contribution is 2.28. The number of hydrogen-bond acceptors (Lipinski definition) is 4. The summed E-state index contributed by atoms with van der Waals surface area (Å²) in [6.45, 7) is 15.2. The third-order valence-electron chi connectivity index (χ3n) is 5.51. The Labute approximate surface area is 217 Å². The number of carboxylic acids is 1. The molecule has 0 spiro atoms. The molecule has 0 fully saturated rings. The molecule has 0 aromatic heterocycles. The van der Waals surface area contributed by atoms with E-state index in [-0.39, 0.29) is 36.2 Å². The number of halogens is 1. The topological polar surface area (TPSA) is 113 Å². The Balaban J connectivity index is 0. The van der Waals surface area contributed by atoms with Gasteiger partial charge in [-0.15, -0.1) is 0 Å². The highest BCUT2D eigenvalue weighted by molar-refractivity contribution is 5.89. The summed E-state index contributed by atoms with van der Waals surface area (Å²) in [6, 6.07) is 5.34. The van der Waals surface area contributed by atoms with Crippen LogP contribution >= 0.6 is 0 Å². The van der Waals surface area contributed by atoms with Gasteiger partial charge in [0.05, 0.1) is 0 Å². The highest BCUT2D eigenvalue weighted by Gasteiger charge is 2.36. The van der Waals surface area contributed by atoms with Gasteiger partial charge in [0.2, 0.25) is 11.8 Å². The van der Waals surface area contributed by atoms with Crippen LogP contribution in [0.4, 0.5) is 4.39 Å². The number of hydrogen-bond donors (Lipinski definition) is 3. The zero-order valence-electron chi connectivity index (χ0n) is 23.9. The van der Waals surface area contributed by atoms with Crippen molar-refractivity contribution in [2.45, 2.75) is 86.1 Å². The van der Waals surface area contributed by atoms with Crippen molar-refractivity contribution >= 4 is 17.8 Å². The van der Waals surface area contributed by atoms with Gasteiger partial charge in [-0.3, -0.25) is 9.59 Å². The first-order valence-corrected chi connectivity index (χ1v) is 12.3. The maximum absolute atomic E-state index is 13.6. The van der Waals surface area contributed by atoms with E-state index in [2.05, 4.69) is 24.9 Å². The van der Waals surface area contributed by atoms with Crippen molar-refractivity contribution in [1.29, 1.82) is 0 Å². The van der Waals surface area contributed by atoms with Crippen molar-refractivity contribution in [2.24, 2.45) is 11.1 Å². The van der Waals surface area contributed by atoms with Gasteiger partial charge < -0.3 is 21.1 Å². The lowest BCUT2D eigenvalue weighted by molar-refractivity contribution is -0.138. The maximum atomic E-state index is 13.6. The number of carbonyl (C=O) groups is 3. The number of likely N-dealkylation sites (N-methyl/N-ethyl adjacent to an activating group) is 1. The van der Waals surface area contributed by atoms with Gasteiger partial charge in [-0.1, -0.05) is 79.5 Å². The van der Waals surface area contributed by atoms with E-state index in [1.54, 1.807) is 19.2 Å². The molecule has 2 amide bonds. The molecule has 0 aliphatic heterocycles. The van der Waals surface area contributed by atoms with Crippen molar-refractivity contribution in [1.82, 2.24) is 10.2 Å². The van der Waals surface area contributed by atoms with E-state index in [0.29, 0.717) is 5.56 Å². The van der Waals surface area contributed by atoms with Crippen LogP contribution in [0.5, 0.6) is 0 Å². The van der Waals surface area contributed by atoms with Crippen LogP contribution in [0.15, 0.2) is 35.9 Å². The molecule has 7 nitrogen and oxygen atoms in total. The minimum Gasteiger partial charge on any atom is -0.478 e. The lowest BCUT2D eigenvalue weighted by Gasteiger charge is -2.34. The molecule has 1 atom stereocenters. The number of nitrogens with two attached hydrogens (primary N) is 1. The van der Waals surface area contributed by atoms with E-state index in [9.17, 15) is 18.8 Å². The average Bonchev–Trinajstić information content (AvgIpc) is 2.80. The van der Waals surface area contributed by atoms with Crippen LogP contribution in [0.3, 0.4) is 0 Å². The normalized spacial score (nSPS) is 12.3. The van der Waals surface area contributed by atoms with Gasteiger partial charge in [-0.05, 0) is 42.5 Å². The number of aliphatic carboxylic acids is 1. The largest absolute Gasteiger partial charge is 0.478 e. The van der Waals surface area contributed by atoms with E-state index >= 15 is 0 Å². The minimum absolute atomic E-state index is 0.0814. The number of unbranched alkanes of at least 4 members (excludes halogenated alkanes) is 1. The zero-order valence-corrected chi connectivity index (χ0v) is 23.9. The van der Waals surface area contributed by atoms with Crippen LogP contribution in [-0.4, -0.2) is 54.5 Å². The fourth-order valence-electron chi connectivity index (χ4n) is 2.95. The highest BCUT2D eigenvalue weighted by atomic mass is 19.1. The van der Waals surface area contributed by atoms with Crippen molar-refractivity contribution in [3.8, 4) is 0 Å². The Morgan fingerprint density at radius 1 is 1.11 bits per heavy atom. The number of carboxylic acid groups (broad SMARTS) is 1. The molecule has 36 heavy (non-hydrogen) atoms. The molecule has 1 unspecified atom stereocenters. The van der Waals surface area contributed by atoms with E-state index in [0.717, 1.165) is 0 Å². The molecule has 0 aliphatic rings. The molecule has 0 saturated carbocycles. The summed E-state index contributed by atoms with van der Waals surface area (Å²) in [5.74, 6) is -2.04. The van der Waals surface area contributed by atoms with Gasteiger partial charge in [0.25, 0.3) is 0 Å². The second-order valence-corrected chi connectivity index (χ2v) is 10.3. The molecule has 8 heteroatoms. The monoisotopic (exact) mass is 509 g/mol. The van der Waals surface area contributed by atoms with Crippen molar-refractivity contribution in [3.05, 3.63) is 47.3 Å². The maximum Gasteiger partial charge on any atom is 0.331 e. The van der Waals surface area contributed by atoms with Gasteiger partial charge in [0, 0.05) is 25.6 Å². The molecule has 0 saturated heterocycles. The van der Waals surface area contributed by atoms with Crippen molar-refractivity contribution in [3.63, 3.8) is 0 Å². The molecule has 1 aromatic carbocycles. The third kappa shape index (κ3) is 13.4. The Kier molecular flexibility index (Phi) is 16.6. The van der Waals surface area contributed by atoms with Crippen LogP contribution in [0.2, 0.25) is 0 Å². The van der Waals surface area contributed by atoms with Crippen molar-refractivity contribution in [2.75, 3.05) is 20.6 Å². The van der Waals surface area contributed by atoms with E-state index in [4.69, 9.17) is 5.11 Å². The number of rotatable bonds is 9. The van der Waals surface area contributed by atoms with E-state index < -0.39 is 22.8 Å². The molecule has 206 valence electrons. The Morgan fingerprint density at radius 3 is 2.06 bits per heavy atom. The smallest absolute Gasteiger partial charge is 0.331 e. The van der Waals surface area contributed by atoms with Gasteiger partial charge in [0.15, 0.2) is 0 Å². The lowest BCUT2D eigenvalue weighted by atomic mass is 9.80. The van der Waals surface area contributed by atoms with Crippen LogP contribution < -0.4 is 11.1 Å². The van der Waals surface area contributed by atoms with Crippen molar-refractivity contribution < 1.29 is 23.9 Å². The Hall–Kier alpha value is -2.74. The molecule has 4 N–H and O–H groups in total. The first kappa shape index (κ1) is 35.4. The second kappa shape index (κ2) is 16.8. The Morgan fingerprint density at radius 2 is 1.64 bits per heavy atom. The standard InChI is InChI=1S/C23H33FN2O4.C4H10.CH5N/c1-15(21(29)30)11-12-26(7)20(28)19(22(2,3)4)25-18(27)14-23(5,6)16-9-8-10-17(24)13-16;1-3-4-2;1-2/h8-11,13,19H,12,14H2,1-7H3,(H,25,27)(H,29,30);3-4H2,1-2H3;2H2,1H3/b15-11+;;. The molecule has 1 aromatic rings. The molecule has 0 radical (unpaired) electrons.